The van der Waals surface area contributed by atoms with E-state index in [1.54, 1.807) is 18.3 Å². The van der Waals surface area contributed by atoms with Crippen LogP contribution in [0.15, 0.2) is 35.5 Å². The number of fused-ring (bicyclic) bond motifs is 1. The lowest BCUT2D eigenvalue weighted by Gasteiger charge is -2.34. The molecule has 1 aromatic heterocycles. The summed E-state index contributed by atoms with van der Waals surface area (Å²) in [7, 11) is -3.73. The van der Waals surface area contributed by atoms with E-state index in [4.69, 9.17) is 0 Å². The Morgan fingerprint density at radius 3 is 2.85 bits per heavy atom. The minimum Gasteiger partial charge on any atom is -0.333 e. The fourth-order valence-electron chi connectivity index (χ4n) is 3.60. The van der Waals surface area contributed by atoms with Crippen LogP contribution in [-0.4, -0.2) is 41.9 Å². The molecule has 26 heavy (non-hydrogen) atoms. The summed E-state index contributed by atoms with van der Waals surface area (Å²) >= 11 is 0. The van der Waals surface area contributed by atoms with Gasteiger partial charge in [-0.15, -0.1) is 12.4 Å². The molecule has 2 aliphatic rings. The fourth-order valence-corrected chi connectivity index (χ4v) is 5.19. The lowest BCUT2D eigenvalue weighted by Crippen LogP contribution is -2.48. The number of aryl methyl sites for hydroxylation is 2. The second-order valence-corrected chi connectivity index (χ2v) is 8.37. The molecule has 2 aromatic rings. The van der Waals surface area contributed by atoms with E-state index in [0.29, 0.717) is 25.2 Å². The van der Waals surface area contributed by atoms with Gasteiger partial charge < -0.3 is 9.88 Å². The molecule has 1 fully saturated rings. The number of sulfonamides is 1. The molecule has 0 aliphatic carbocycles. The number of rotatable bonds is 3. The van der Waals surface area contributed by atoms with Crippen LogP contribution in [0.3, 0.4) is 0 Å². The molecule has 0 spiro atoms. The molecule has 0 radical (unpaired) electrons. The van der Waals surface area contributed by atoms with Crippen molar-refractivity contribution in [3.8, 4) is 0 Å². The number of nitrogens with one attached hydrogen (secondary N) is 1. The minimum atomic E-state index is -3.73. The van der Waals surface area contributed by atoms with Crippen molar-refractivity contribution >= 4 is 22.4 Å². The summed E-state index contributed by atoms with van der Waals surface area (Å²) in [6.07, 6.45) is 4.54. The Morgan fingerprint density at radius 1 is 1.23 bits per heavy atom. The maximum Gasteiger partial charge on any atom is 0.262 e. The number of halogens is 2. The molecule has 3 heterocycles. The van der Waals surface area contributed by atoms with E-state index in [1.165, 1.54) is 16.4 Å². The van der Waals surface area contributed by atoms with Crippen LogP contribution >= 0.6 is 12.4 Å². The zero-order valence-corrected chi connectivity index (χ0v) is 15.9. The summed E-state index contributed by atoms with van der Waals surface area (Å²) in [5.74, 6) is 0.472. The average Bonchev–Trinajstić information content (AvgIpc) is 3.07. The zero-order chi connectivity index (χ0) is 17.4. The van der Waals surface area contributed by atoms with Crippen LogP contribution in [0.1, 0.15) is 30.3 Å². The summed E-state index contributed by atoms with van der Waals surface area (Å²) in [5, 5.41) is 3.31. The predicted molar refractivity (Wildman–Crippen MR) is 98.3 cm³/mol. The van der Waals surface area contributed by atoms with Gasteiger partial charge in [0.15, 0.2) is 5.03 Å². The van der Waals surface area contributed by atoms with Gasteiger partial charge in [-0.05, 0) is 30.5 Å². The maximum absolute atomic E-state index is 13.6. The first-order chi connectivity index (χ1) is 12.1. The molecule has 2 aliphatic heterocycles. The normalized spacial score (nSPS) is 21.0. The van der Waals surface area contributed by atoms with Gasteiger partial charge >= 0.3 is 0 Å². The molecule has 0 amide bonds. The van der Waals surface area contributed by atoms with Crippen molar-refractivity contribution in [2.45, 2.75) is 36.9 Å². The van der Waals surface area contributed by atoms with Gasteiger partial charge in [0.25, 0.3) is 10.0 Å². The van der Waals surface area contributed by atoms with Crippen molar-refractivity contribution in [2.24, 2.45) is 0 Å². The highest BCUT2D eigenvalue weighted by Gasteiger charge is 2.36. The van der Waals surface area contributed by atoms with Crippen LogP contribution in [0.2, 0.25) is 0 Å². The zero-order valence-electron chi connectivity index (χ0n) is 14.3. The Morgan fingerprint density at radius 2 is 2.08 bits per heavy atom. The quantitative estimate of drug-likeness (QED) is 0.856. The van der Waals surface area contributed by atoms with Crippen molar-refractivity contribution < 1.29 is 12.8 Å². The summed E-state index contributed by atoms with van der Waals surface area (Å²) in [5.41, 5.74) is 0.653. The average molecular weight is 401 g/mol. The monoisotopic (exact) mass is 400 g/mol. The highest BCUT2D eigenvalue weighted by molar-refractivity contribution is 7.89. The Labute approximate surface area is 158 Å². The molecule has 1 saturated heterocycles. The van der Waals surface area contributed by atoms with E-state index in [-0.39, 0.29) is 23.3 Å². The SMILES string of the molecule is Cl.O=S(=O)(c1cn2c(n1)CCCC2)N1CCNCC1c1cccc(F)c1. The van der Waals surface area contributed by atoms with E-state index < -0.39 is 16.1 Å². The lowest BCUT2D eigenvalue weighted by molar-refractivity contribution is 0.270. The number of benzene rings is 1. The Hall–Kier alpha value is -1.48. The number of hydrogen-bond acceptors (Lipinski definition) is 4. The second-order valence-electron chi connectivity index (χ2n) is 6.54. The lowest BCUT2D eigenvalue weighted by atomic mass is 10.1. The van der Waals surface area contributed by atoms with Crippen LogP contribution in [0.25, 0.3) is 0 Å². The molecule has 6 nitrogen and oxygen atoms in total. The number of imidazole rings is 1. The topological polar surface area (TPSA) is 67.2 Å². The molecular formula is C17H22ClFN4O2S. The molecule has 0 saturated carbocycles. The molecule has 4 rings (SSSR count). The number of nitrogens with zero attached hydrogens (tertiary/aromatic N) is 3. The first-order valence-corrected chi connectivity index (χ1v) is 10.0. The van der Waals surface area contributed by atoms with E-state index in [0.717, 1.165) is 31.6 Å². The third kappa shape index (κ3) is 3.51. The predicted octanol–water partition coefficient (Wildman–Crippen LogP) is 2.12. The first-order valence-electron chi connectivity index (χ1n) is 8.60. The van der Waals surface area contributed by atoms with Gasteiger partial charge in [-0.3, -0.25) is 0 Å². The molecule has 142 valence electrons. The van der Waals surface area contributed by atoms with Gasteiger partial charge in [0.1, 0.15) is 11.6 Å². The van der Waals surface area contributed by atoms with Gasteiger partial charge in [0.05, 0.1) is 6.04 Å². The molecule has 1 N–H and O–H groups in total. The Balaban J connectivity index is 0.00000196. The highest BCUT2D eigenvalue weighted by atomic mass is 35.5. The van der Waals surface area contributed by atoms with Gasteiger partial charge in [-0.25, -0.2) is 17.8 Å². The third-order valence-electron chi connectivity index (χ3n) is 4.89. The van der Waals surface area contributed by atoms with Crippen LogP contribution < -0.4 is 5.32 Å². The van der Waals surface area contributed by atoms with E-state index in [9.17, 15) is 12.8 Å². The molecule has 1 aromatic carbocycles. The number of hydrogen-bond donors (Lipinski definition) is 1. The summed E-state index contributed by atoms with van der Waals surface area (Å²) in [4.78, 5) is 4.38. The molecule has 0 bridgehead atoms. The standard InChI is InChI=1S/C17H21FN4O2S.ClH/c18-14-5-3-4-13(10-14)15-11-19-7-9-22(15)25(23,24)17-12-21-8-2-1-6-16(21)20-17;/h3-5,10,12,15,19H,1-2,6-9,11H2;1H. The van der Waals surface area contributed by atoms with Crippen molar-refractivity contribution in [1.82, 2.24) is 19.2 Å². The van der Waals surface area contributed by atoms with Crippen molar-refractivity contribution in [3.05, 3.63) is 47.7 Å². The summed E-state index contributed by atoms with van der Waals surface area (Å²) in [6.45, 7) is 2.17. The van der Waals surface area contributed by atoms with E-state index in [2.05, 4.69) is 10.3 Å². The van der Waals surface area contributed by atoms with Crippen LogP contribution in [-0.2, 0) is 23.0 Å². The van der Waals surface area contributed by atoms with Crippen molar-refractivity contribution in [3.63, 3.8) is 0 Å². The smallest absolute Gasteiger partial charge is 0.262 e. The highest BCUT2D eigenvalue weighted by Crippen LogP contribution is 2.29. The Bertz CT molecular complexity index is 863. The number of aromatic nitrogens is 2. The molecule has 1 atom stereocenters. The maximum atomic E-state index is 13.6. The van der Waals surface area contributed by atoms with Gasteiger partial charge in [-0.1, -0.05) is 12.1 Å². The van der Waals surface area contributed by atoms with Crippen LogP contribution in [0.4, 0.5) is 4.39 Å². The largest absolute Gasteiger partial charge is 0.333 e. The summed E-state index contributed by atoms with van der Waals surface area (Å²) in [6, 6.07) is 5.70. The Kier molecular flexibility index (Phi) is 5.67. The van der Waals surface area contributed by atoms with Crippen molar-refractivity contribution in [2.75, 3.05) is 19.6 Å². The van der Waals surface area contributed by atoms with Gasteiger partial charge in [0, 0.05) is 38.8 Å². The van der Waals surface area contributed by atoms with Gasteiger partial charge in [-0.2, -0.15) is 4.31 Å². The van der Waals surface area contributed by atoms with Crippen LogP contribution in [0.5, 0.6) is 0 Å². The van der Waals surface area contributed by atoms with Crippen molar-refractivity contribution in [1.29, 1.82) is 0 Å². The van der Waals surface area contributed by atoms with E-state index in [1.807, 2.05) is 4.57 Å². The fraction of sp³-hybridized carbons (Fsp3) is 0.471. The third-order valence-corrected chi connectivity index (χ3v) is 6.67. The second kappa shape index (κ2) is 7.64. The first kappa shape index (κ1) is 19.3. The summed E-state index contributed by atoms with van der Waals surface area (Å²) < 4.78 is 43.4. The van der Waals surface area contributed by atoms with Crippen LogP contribution in [0, 0.1) is 5.82 Å². The number of piperazine rings is 1. The molecule has 9 heteroatoms. The molecule has 1 unspecified atom stereocenters. The van der Waals surface area contributed by atoms with E-state index >= 15 is 0 Å². The van der Waals surface area contributed by atoms with Gasteiger partial charge in [0.2, 0.25) is 0 Å². The molecular weight excluding hydrogens is 379 g/mol. The minimum absolute atomic E-state index is 0.